The predicted molar refractivity (Wildman–Crippen MR) is 88.8 cm³/mol. The highest BCUT2D eigenvalue weighted by atomic mass is 79.9. The minimum Gasteiger partial charge on any atom is -0.381 e. The number of ether oxygens (including phenoxy) is 1. The third-order valence-electron chi connectivity index (χ3n) is 3.36. The number of hydrogen-bond acceptors (Lipinski definition) is 4. The molecule has 5 heteroatoms. The molecule has 1 aliphatic rings. The van der Waals surface area contributed by atoms with Gasteiger partial charge in [0.15, 0.2) is 0 Å². The van der Waals surface area contributed by atoms with Crippen molar-refractivity contribution in [3.63, 3.8) is 0 Å². The fourth-order valence-corrected chi connectivity index (χ4v) is 3.46. The highest BCUT2D eigenvalue weighted by Crippen LogP contribution is 2.22. The van der Waals surface area contributed by atoms with Crippen LogP contribution in [0, 0.1) is 0 Å². The van der Waals surface area contributed by atoms with Crippen molar-refractivity contribution in [3.05, 3.63) is 45.1 Å². The standard InChI is InChI=1S/C15H17BrN2OS/c16-15-9-12(11-20-15)10-17-13-1-3-14(4-2-13)18-5-7-19-8-6-18/h1-4,9,11,17H,5-8,10H2. The average molecular weight is 353 g/mol. The van der Waals surface area contributed by atoms with Gasteiger partial charge in [-0.15, -0.1) is 11.3 Å². The van der Waals surface area contributed by atoms with Crippen LogP contribution in [0.5, 0.6) is 0 Å². The molecule has 1 aliphatic heterocycles. The van der Waals surface area contributed by atoms with Crippen LogP contribution in [0.4, 0.5) is 11.4 Å². The fraction of sp³-hybridized carbons (Fsp3) is 0.333. The van der Waals surface area contributed by atoms with Gasteiger partial charge in [0, 0.05) is 31.0 Å². The van der Waals surface area contributed by atoms with Crippen LogP contribution in [0.1, 0.15) is 5.56 Å². The summed E-state index contributed by atoms with van der Waals surface area (Å²) in [5.41, 5.74) is 3.74. The molecule has 106 valence electrons. The molecule has 0 radical (unpaired) electrons. The minimum absolute atomic E-state index is 0.826. The predicted octanol–water partition coefficient (Wildman–Crippen LogP) is 3.96. The van der Waals surface area contributed by atoms with E-state index in [9.17, 15) is 0 Å². The molecule has 20 heavy (non-hydrogen) atoms. The van der Waals surface area contributed by atoms with Gasteiger partial charge in [-0.3, -0.25) is 0 Å². The molecule has 2 aromatic rings. The highest BCUT2D eigenvalue weighted by Gasteiger charge is 2.10. The number of morpholine rings is 1. The molecule has 0 saturated carbocycles. The zero-order valence-electron chi connectivity index (χ0n) is 11.1. The molecule has 2 heterocycles. The van der Waals surface area contributed by atoms with Gasteiger partial charge >= 0.3 is 0 Å². The molecular formula is C15H17BrN2OS. The highest BCUT2D eigenvalue weighted by molar-refractivity contribution is 9.11. The van der Waals surface area contributed by atoms with E-state index in [-0.39, 0.29) is 0 Å². The molecule has 1 saturated heterocycles. The number of nitrogens with zero attached hydrogens (tertiary/aromatic N) is 1. The van der Waals surface area contributed by atoms with Crippen LogP contribution in [-0.4, -0.2) is 26.3 Å². The molecule has 3 nitrogen and oxygen atoms in total. The van der Waals surface area contributed by atoms with Crippen LogP contribution in [0.25, 0.3) is 0 Å². The van der Waals surface area contributed by atoms with Crippen LogP contribution < -0.4 is 10.2 Å². The molecule has 3 rings (SSSR count). The number of anilines is 2. The Morgan fingerprint density at radius 2 is 1.95 bits per heavy atom. The summed E-state index contributed by atoms with van der Waals surface area (Å²) in [5, 5.41) is 5.61. The molecule has 1 N–H and O–H groups in total. The Kier molecular flexibility index (Phi) is 4.60. The van der Waals surface area contributed by atoms with Crippen molar-refractivity contribution in [2.75, 3.05) is 36.5 Å². The third-order valence-corrected chi connectivity index (χ3v) is 4.92. The van der Waals surface area contributed by atoms with Gasteiger partial charge in [0.2, 0.25) is 0 Å². The topological polar surface area (TPSA) is 24.5 Å². The maximum atomic E-state index is 5.38. The van der Waals surface area contributed by atoms with Crippen LogP contribution in [0.15, 0.2) is 39.5 Å². The van der Waals surface area contributed by atoms with Crippen LogP contribution in [0.3, 0.4) is 0 Å². The van der Waals surface area contributed by atoms with E-state index in [1.807, 2.05) is 0 Å². The Labute approximate surface area is 131 Å². The van der Waals surface area contributed by atoms with Crippen molar-refractivity contribution in [2.45, 2.75) is 6.54 Å². The van der Waals surface area contributed by atoms with E-state index in [0.717, 1.165) is 38.5 Å². The quantitative estimate of drug-likeness (QED) is 0.901. The smallest absolute Gasteiger partial charge is 0.0701 e. The van der Waals surface area contributed by atoms with Gasteiger partial charge in [-0.2, -0.15) is 0 Å². The Bertz CT molecular complexity index is 549. The van der Waals surface area contributed by atoms with E-state index < -0.39 is 0 Å². The van der Waals surface area contributed by atoms with E-state index in [1.165, 1.54) is 15.0 Å². The fourth-order valence-electron chi connectivity index (χ4n) is 2.25. The third kappa shape index (κ3) is 3.53. The SMILES string of the molecule is Brc1cc(CNc2ccc(N3CCOCC3)cc2)cs1. The zero-order valence-corrected chi connectivity index (χ0v) is 13.5. The van der Waals surface area contributed by atoms with Gasteiger partial charge < -0.3 is 15.0 Å². The molecule has 0 spiro atoms. The summed E-state index contributed by atoms with van der Waals surface area (Å²) in [4.78, 5) is 2.36. The van der Waals surface area contributed by atoms with Crippen molar-refractivity contribution in [1.29, 1.82) is 0 Å². The van der Waals surface area contributed by atoms with Crippen LogP contribution >= 0.6 is 27.3 Å². The van der Waals surface area contributed by atoms with E-state index in [4.69, 9.17) is 4.74 Å². The lowest BCUT2D eigenvalue weighted by atomic mass is 10.2. The number of rotatable bonds is 4. The Hall–Kier alpha value is -1.04. The number of halogens is 1. The second kappa shape index (κ2) is 6.61. The number of thiophene rings is 1. The molecule has 1 fully saturated rings. The van der Waals surface area contributed by atoms with Crippen molar-refractivity contribution in [2.24, 2.45) is 0 Å². The van der Waals surface area contributed by atoms with Gasteiger partial charge in [0.1, 0.15) is 0 Å². The largest absolute Gasteiger partial charge is 0.381 e. The Morgan fingerprint density at radius 3 is 2.60 bits per heavy atom. The van der Waals surface area contributed by atoms with Gasteiger partial charge in [0.25, 0.3) is 0 Å². The first-order valence-corrected chi connectivity index (χ1v) is 8.38. The molecule has 1 aromatic heterocycles. The van der Waals surface area contributed by atoms with Crippen molar-refractivity contribution < 1.29 is 4.74 Å². The molecule has 0 atom stereocenters. The molecular weight excluding hydrogens is 336 g/mol. The summed E-state index contributed by atoms with van der Waals surface area (Å²) >= 11 is 5.21. The van der Waals surface area contributed by atoms with E-state index in [0.29, 0.717) is 0 Å². The van der Waals surface area contributed by atoms with Crippen LogP contribution in [0.2, 0.25) is 0 Å². The average Bonchev–Trinajstić information content (AvgIpc) is 2.92. The maximum Gasteiger partial charge on any atom is 0.0701 e. The van der Waals surface area contributed by atoms with Crippen molar-refractivity contribution in [3.8, 4) is 0 Å². The number of benzene rings is 1. The van der Waals surface area contributed by atoms with E-state index in [2.05, 4.69) is 61.9 Å². The summed E-state index contributed by atoms with van der Waals surface area (Å²) in [6.07, 6.45) is 0. The molecule has 0 amide bonds. The minimum atomic E-state index is 0.826. The first-order chi connectivity index (χ1) is 9.81. The van der Waals surface area contributed by atoms with Gasteiger partial charge in [0.05, 0.1) is 17.0 Å². The molecule has 1 aromatic carbocycles. The zero-order chi connectivity index (χ0) is 13.8. The lowest BCUT2D eigenvalue weighted by Gasteiger charge is -2.28. The van der Waals surface area contributed by atoms with Gasteiger partial charge in [-0.1, -0.05) is 0 Å². The molecule has 0 bridgehead atoms. The summed E-state index contributed by atoms with van der Waals surface area (Å²) in [6.45, 7) is 4.48. The lowest BCUT2D eigenvalue weighted by Crippen LogP contribution is -2.36. The van der Waals surface area contributed by atoms with Crippen LogP contribution in [-0.2, 0) is 11.3 Å². The van der Waals surface area contributed by atoms with E-state index >= 15 is 0 Å². The normalized spacial score (nSPS) is 15.3. The Balaban J connectivity index is 1.58. The summed E-state index contributed by atoms with van der Waals surface area (Å²) in [6, 6.07) is 10.8. The first kappa shape index (κ1) is 13.9. The van der Waals surface area contributed by atoms with Gasteiger partial charge in [-0.25, -0.2) is 0 Å². The van der Waals surface area contributed by atoms with E-state index in [1.54, 1.807) is 11.3 Å². The van der Waals surface area contributed by atoms with Gasteiger partial charge in [-0.05, 0) is 57.2 Å². The first-order valence-electron chi connectivity index (χ1n) is 6.71. The number of nitrogens with one attached hydrogen (secondary N) is 1. The Morgan fingerprint density at radius 1 is 1.20 bits per heavy atom. The second-order valence-corrected chi connectivity index (χ2v) is 7.05. The number of hydrogen-bond donors (Lipinski definition) is 1. The van der Waals surface area contributed by atoms with Crippen molar-refractivity contribution in [1.82, 2.24) is 0 Å². The molecule has 0 aliphatic carbocycles. The lowest BCUT2D eigenvalue weighted by molar-refractivity contribution is 0.122. The summed E-state index contributed by atoms with van der Waals surface area (Å²) < 4.78 is 6.56. The second-order valence-electron chi connectivity index (χ2n) is 4.76. The molecule has 0 unspecified atom stereocenters. The summed E-state index contributed by atoms with van der Waals surface area (Å²) in [7, 11) is 0. The van der Waals surface area contributed by atoms with Crippen molar-refractivity contribution >= 4 is 38.6 Å². The maximum absolute atomic E-state index is 5.38. The summed E-state index contributed by atoms with van der Waals surface area (Å²) in [5.74, 6) is 0. The monoisotopic (exact) mass is 352 g/mol.